The second-order valence-electron chi connectivity index (χ2n) is 8.98. The number of para-hydroxylation sites is 2. The number of aromatic nitrogens is 3. The second-order valence-corrected chi connectivity index (χ2v) is 9.92. The van der Waals surface area contributed by atoms with Gasteiger partial charge in [0.15, 0.2) is 28.6 Å². The molecule has 3 unspecified atom stereocenters. The molecule has 0 spiro atoms. The third-order valence-electron chi connectivity index (χ3n) is 5.82. The standard InChI is InChI=1S/C24H36N4O3S/c1-16(2)14-28-23(18(4)31-21-13-9-8-12-20(21)30-5)26-27-24(28)32-15-22(29)25-19-11-7-6-10-17(19)3/h8-9,12-13,16-19H,6-7,10-11,14-15H2,1-5H3,(H,25,29). The second kappa shape index (κ2) is 11.6. The van der Waals surface area contributed by atoms with Crippen molar-refractivity contribution in [2.24, 2.45) is 11.8 Å². The number of hydrogen-bond donors (Lipinski definition) is 1. The molecule has 176 valence electrons. The van der Waals surface area contributed by atoms with Gasteiger partial charge in [0.05, 0.1) is 12.9 Å². The molecule has 1 amide bonds. The Labute approximate surface area is 195 Å². The number of benzene rings is 1. The average molecular weight is 461 g/mol. The van der Waals surface area contributed by atoms with Gasteiger partial charge >= 0.3 is 0 Å². The Kier molecular flexibility index (Phi) is 8.84. The maximum atomic E-state index is 12.6. The molecule has 2 aromatic rings. The highest BCUT2D eigenvalue weighted by atomic mass is 32.2. The topological polar surface area (TPSA) is 78.3 Å². The zero-order valence-corrected chi connectivity index (χ0v) is 20.7. The lowest BCUT2D eigenvalue weighted by Crippen LogP contribution is -2.41. The van der Waals surface area contributed by atoms with Gasteiger partial charge < -0.3 is 19.4 Å². The van der Waals surface area contributed by atoms with Gasteiger partial charge in [-0.25, -0.2) is 0 Å². The summed E-state index contributed by atoms with van der Waals surface area (Å²) in [6.07, 6.45) is 4.40. The lowest BCUT2D eigenvalue weighted by atomic mass is 9.86. The summed E-state index contributed by atoms with van der Waals surface area (Å²) in [5, 5.41) is 12.8. The summed E-state index contributed by atoms with van der Waals surface area (Å²) >= 11 is 1.44. The first-order valence-electron chi connectivity index (χ1n) is 11.5. The molecular formula is C24H36N4O3S. The number of nitrogens with zero attached hydrogens (tertiary/aromatic N) is 3. The van der Waals surface area contributed by atoms with E-state index in [0.29, 0.717) is 29.1 Å². The highest BCUT2D eigenvalue weighted by Gasteiger charge is 2.24. The molecule has 1 saturated carbocycles. The van der Waals surface area contributed by atoms with E-state index >= 15 is 0 Å². The van der Waals surface area contributed by atoms with Gasteiger partial charge in [0.25, 0.3) is 0 Å². The highest BCUT2D eigenvalue weighted by molar-refractivity contribution is 7.99. The SMILES string of the molecule is COc1ccccc1OC(C)c1nnc(SCC(=O)NC2CCCCC2C)n1CC(C)C. The molecule has 7 nitrogen and oxygen atoms in total. The first-order valence-corrected chi connectivity index (χ1v) is 12.5. The molecule has 1 fully saturated rings. The van der Waals surface area contributed by atoms with E-state index in [4.69, 9.17) is 9.47 Å². The fourth-order valence-corrected chi connectivity index (χ4v) is 4.88. The first-order chi connectivity index (χ1) is 15.4. The van der Waals surface area contributed by atoms with E-state index < -0.39 is 0 Å². The average Bonchev–Trinajstić information content (AvgIpc) is 3.16. The molecule has 0 saturated heterocycles. The maximum Gasteiger partial charge on any atom is 0.230 e. The molecule has 1 aromatic carbocycles. The summed E-state index contributed by atoms with van der Waals surface area (Å²) in [7, 11) is 1.63. The number of hydrogen-bond acceptors (Lipinski definition) is 6. The number of methoxy groups -OCH3 is 1. The number of carbonyl (C=O) groups is 1. The summed E-state index contributed by atoms with van der Waals surface area (Å²) in [4.78, 5) is 12.6. The van der Waals surface area contributed by atoms with Crippen LogP contribution in [0.2, 0.25) is 0 Å². The van der Waals surface area contributed by atoms with Gasteiger partial charge in [0.1, 0.15) is 0 Å². The molecule has 0 bridgehead atoms. The summed E-state index contributed by atoms with van der Waals surface area (Å²) in [5.74, 6) is 3.43. The summed E-state index contributed by atoms with van der Waals surface area (Å²) in [6, 6.07) is 7.86. The van der Waals surface area contributed by atoms with Crippen LogP contribution in [0.5, 0.6) is 11.5 Å². The van der Waals surface area contributed by atoms with Crippen LogP contribution in [0.4, 0.5) is 0 Å². The maximum absolute atomic E-state index is 12.6. The lowest BCUT2D eigenvalue weighted by Gasteiger charge is -2.29. The number of ether oxygens (including phenoxy) is 2. The third kappa shape index (κ3) is 6.40. The highest BCUT2D eigenvalue weighted by Crippen LogP contribution is 2.31. The van der Waals surface area contributed by atoms with E-state index in [2.05, 4.69) is 40.9 Å². The van der Waals surface area contributed by atoms with Crippen LogP contribution < -0.4 is 14.8 Å². The van der Waals surface area contributed by atoms with Crippen molar-refractivity contribution in [1.29, 1.82) is 0 Å². The monoisotopic (exact) mass is 460 g/mol. The van der Waals surface area contributed by atoms with E-state index in [0.717, 1.165) is 23.9 Å². The Bertz CT molecular complexity index is 886. The Morgan fingerprint density at radius 2 is 1.91 bits per heavy atom. The van der Waals surface area contributed by atoms with Gasteiger partial charge in [0.2, 0.25) is 5.91 Å². The van der Waals surface area contributed by atoms with Crippen LogP contribution in [-0.4, -0.2) is 39.6 Å². The van der Waals surface area contributed by atoms with Crippen molar-refractivity contribution in [2.75, 3.05) is 12.9 Å². The fraction of sp³-hybridized carbons (Fsp3) is 0.625. The molecule has 1 aliphatic carbocycles. The Morgan fingerprint density at radius 1 is 1.19 bits per heavy atom. The van der Waals surface area contributed by atoms with Crippen LogP contribution in [0, 0.1) is 11.8 Å². The molecule has 3 atom stereocenters. The van der Waals surface area contributed by atoms with Crippen molar-refractivity contribution in [1.82, 2.24) is 20.1 Å². The molecule has 8 heteroatoms. The molecule has 0 radical (unpaired) electrons. The Balaban J connectivity index is 1.68. The normalized spacial score (nSPS) is 19.6. The number of rotatable bonds is 10. The van der Waals surface area contributed by atoms with Crippen LogP contribution in [0.1, 0.15) is 65.3 Å². The zero-order chi connectivity index (χ0) is 23.1. The van der Waals surface area contributed by atoms with E-state index in [1.54, 1.807) is 7.11 Å². The van der Waals surface area contributed by atoms with Crippen molar-refractivity contribution in [2.45, 2.75) is 77.2 Å². The number of nitrogens with one attached hydrogen (secondary N) is 1. The lowest BCUT2D eigenvalue weighted by molar-refractivity contribution is -0.119. The van der Waals surface area contributed by atoms with Crippen molar-refractivity contribution in [3.05, 3.63) is 30.1 Å². The molecule has 32 heavy (non-hydrogen) atoms. The van der Waals surface area contributed by atoms with Crippen LogP contribution in [0.25, 0.3) is 0 Å². The number of thioether (sulfide) groups is 1. The molecule has 3 rings (SSSR count). The largest absolute Gasteiger partial charge is 0.493 e. The predicted molar refractivity (Wildman–Crippen MR) is 127 cm³/mol. The van der Waals surface area contributed by atoms with E-state index in [-0.39, 0.29) is 18.1 Å². The van der Waals surface area contributed by atoms with Gasteiger partial charge in [0, 0.05) is 12.6 Å². The minimum Gasteiger partial charge on any atom is -0.493 e. The van der Waals surface area contributed by atoms with Gasteiger partial charge in [-0.15, -0.1) is 10.2 Å². The predicted octanol–water partition coefficient (Wildman–Crippen LogP) is 4.87. The molecular weight excluding hydrogens is 424 g/mol. The minimum atomic E-state index is -0.316. The van der Waals surface area contributed by atoms with Gasteiger partial charge in [-0.05, 0) is 43.7 Å². The summed E-state index contributed by atoms with van der Waals surface area (Å²) in [5.41, 5.74) is 0. The molecule has 0 aliphatic heterocycles. The van der Waals surface area contributed by atoms with E-state index in [9.17, 15) is 4.79 Å². The van der Waals surface area contributed by atoms with Crippen LogP contribution in [-0.2, 0) is 11.3 Å². The molecule has 1 N–H and O–H groups in total. The van der Waals surface area contributed by atoms with Gasteiger partial charge in [-0.1, -0.05) is 57.5 Å². The first kappa shape index (κ1) is 24.4. The van der Waals surface area contributed by atoms with Crippen molar-refractivity contribution >= 4 is 17.7 Å². The van der Waals surface area contributed by atoms with Crippen molar-refractivity contribution in [3.8, 4) is 11.5 Å². The molecule has 1 aromatic heterocycles. The summed E-state index contributed by atoms with van der Waals surface area (Å²) < 4.78 is 13.6. The number of carbonyl (C=O) groups excluding carboxylic acids is 1. The van der Waals surface area contributed by atoms with Crippen LogP contribution >= 0.6 is 11.8 Å². The summed E-state index contributed by atoms with van der Waals surface area (Å²) in [6.45, 7) is 9.25. The quantitative estimate of drug-likeness (QED) is 0.510. The van der Waals surface area contributed by atoms with Crippen molar-refractivity contribution < 1.29 is 14.3 Å². The van der Waals surface area contributed by atoms with Crippen LogP contribution in [0.15, 0.2) is 29.4 Å². The fourth-order valence-electron chi connectivity index (χ4n) is 4.11. The van der Waals surface area contributed by atoms with Crippen molar-refractivity contribution in [3.63, 3.8) is 0 Å². The third-order valence-corrected chi connectivity index (χ3v) is 6.79. The minimum absolute atomic E-state index is 0.0627. The zero-order valence-electron chi connectivity index (χ0n) is 19.8. The smallest absolute Gasteiger partial charge is 0.230 e. The molecule has 1 heterocycles. The van der Waals surface area contributed by atoms with Gasteiger partial charge in [-0.3, -0.25) is 4.79 Å². The Hall–Kier alpha value is -2.22. The Morgan fingerprint density at radius 3 is 2.59 bits per heavy atom. The van der Waals surface area contributed by atoms with E-state index in [1.165, 1.54) is 31.0 Å². The number of amides is 1. The molecule has 1 aliphatic rings. The van der Waals surface area contributed by atoms with E-state index in [1.807, 2.05) is 31.2 Å². The van der Waals surface area contributed by atoms with Crippen LogP contribution in [0.3, 0.4) is 0 Å². The van der Waals surface area contributed by atoms with Gasteiger partial charge in [-0.2, -0.15) is 0 Å².